The fourth-order valence-electron chi connectivity index (χ4n) is 2.21. The van der Waals surface area contributed by atoms with Crippen LogP contribution in [0.4, 0.5) is 0 Å². The summed E-state index contributed by atoms with van der Waals surface area (Å²) in [7, 11) is 3.99. The van der Waals surface area contributed by atoms with Crippen molar-refractivity contribution >= 4 is 0 Å². The first-order valence-electron chi connectivity index (χ1n) is 5.81. The molecule has 1 saturated heterocycles. The second-order valence-corrected chi connectivity index (χ2v) is 4.66. The third kappa shape index (κ3) is 2.43. The van der Waals surface area contributed by atoms with E-state index in [-0.39, 0.29) is 0 Å². The highest BCUT2D eigenvalue weighted by atomic mass is 16.3. The van der Waals surface area contributed by atoms with Gasteiger partial charge in [0.1, 0.15) is 0 Å². The Kier molecular flexibility index (Phi) is 3.59. The highest BCUT2D eigenvalue weighted by Gasteiger charge is 2.24. The quantitative estimate of drug-likeness (QED) is 0.793. The molecule has 1 aromatic carbocycles. The normalized spacial score (nSPS) is 19.4. The van der Waals surface area contributed by atoms with E-state index in [1.807, 2.05) is 19.2 Å². The Balaban J connectivity index is 1.99. The van der Waals surface area contributed by atoms with E-state index in [1.165, 1.54) is 5.56 Å². The topological polar surface area (TPSA) is 35.5 Å². The predicted molar refractivity (Wildman–Crippen MR) is 65.6 cm³/mol. The molecule has 0 aliphatic carbocycles. The van der Waals surface area contributed by atoms with Gasteiger partial charge in [0.05, 0.1) is 6.10 Å². The summed E-state index contributed by atoms with van der Waals surface area (Å²) < 4.78 is 0. The molecule has 2 rings (SSSR count). The third-order valence-corrected chi connectivity index (χ3v) is 3.25. The van der Waals surface area contributed by atoms with Crippen molar-refractivity contribution in [3.8, 4) is 0 Å². The zero-order chi connectivity index (χ0) is 11.5. The SMILES string of the molecule is CNCC(O)c1ccc(C2CN(C)C2)cc1. The van der Waals surface area contributed by atoms with Crippen molar-refractivity contribution in [3.63, 3.8) is 0 Å². The summed E-state index contributed by atoms with van der Waals surface area (Å²) in [5.74, 6) is 0.681. The average Bonchev–Trinajstić information content (AvgIpc) is 2.25. The summed E-state index contributed by atoms with van der Waals surface area (Å²) in [5, 5.41) is 12.8. The zero-order valence-corrected chi connectivity index (χ0v) is 9.98. The Labute approximate surface area is 97.1 Å². The van der Waals surface area contributed by atoms with Gasteiger partial charge in [-0.3, -0.25) is 0 Å². The van der Waals surface area contributed by atoms with E-state index in [4.69, 9.17) is 0 Å². The molecule has 1 aromatic rings. The van der Waals surface area contributed by atoms with Gasteiger partial charge in [-0.25, -0.2) is 0 Å². The number of rotatable bonds is 4. The van der Waals surface area contributed by atoms with Gasteiger partial charge in [-0.2, -0.15) is 0 Å². The lowest BCUT2D eigenvalue weighted by Gasteiger charge is -2.36. The van der Waals surface area contributed by atoms with Gasteiger partial charge in [-0.15, -0.1) is 0 Å². The van der Waals surface area contributed by atoms with Crippen molar-refractivity contribution in [1.29, 1.82) is 0 Å². The Hall–Kier alpha value is -0.900. The summed E-state index contributed by atoms with van der Waals surface area (Å²) in [5.41, 5.74) is 2.38. The van der Waals surface area contributed by atoms with Crippen LogP contribution in [0.2, 0.25) is 0 Å². The maximum atomic E-state index is 9.79. The van der Waals surface area contributed by atoms with E-state index in [2.05, 4.69) is 29.4 Å². The molecule has 2 N–H and O–H groups in total. The molecule has 3 heteroatoms. The number of likely N-dealkylation sites (N-methyl/N-ethyl adjacent to an activating group) is 2. The largest absolute Gasteiger partial charge is 0.387 e. The van der Waals surface area contributed by atoms with E-state index >= 15 is 0 Å². The number of aliphatic hydroxyl groups excluding tert-OH is 1. The van der Waals surface area contributed by atoms with Crippen LogP contribution in [0.3, 0.4) is 0 Å². The van der Waals surface area contributed by atoms with Crippen LogP contribution in [0, 0.1) is 0 Å². The Bertz CT molecular complexity index is 307. The molecule has 0 radical (unpaired) electrons. The van der Waals surface area contributed by atoms with Crippen LogP contribution in [0.5, 0.6) is 0 Å². The van der Waals surface area contributed by atoms with Gasteiger partial charge in [0.15, 0.2) is 0 Å². The number of likely N-dealkylation sites (tertiary alicyclic amines) is 1. The molecule has 88 valence electrons. The van der Waals surface area contributed by atoms with Crippen molar-refractivity contribution in [3.05, 3.63) is 35.4 Å². The van der Waals surface area contributed by atoms with Gasteiger partial charge in [0.25, 0.3) is 0 Å². The van der Waals surface area contributed by atoms with Gasteiger partial charge < -0.3 is 15.3 Å². The number of hydrogen-bond donors (Lipinski definition) is 2. The lowest BCUT2D eigenvalue weighted by Crippen LogP contribution is -2.41. The molecule has 1 unspecified atom stereocenters. The zero-order valence-electron chi connectivity index (χ0n) is 9.98. The van der Waals surface area contributed by atoms with Crippen LogP contribution < -0.4 is 5.32 Å². The molecule has 1 aliphatic heterocycles. The Morgan fingerprint density at radius 3 is 2.50 bits per heavy atom. The minimum absolute atomic E-state index is 0.400. The molecule has 3 nitrogen and oxygen atoms in total. The van der Waals surface area contributed by atoms with Crippen LogP contribution in [0.25, 0.3) is 0 Å². The molecule has 0 aromatic heterocycles. The molecule has 1 atom stereocenters. The van der Waals surface area contributed by atoms with Crippen molar-refractivity contribution in [2.75, 3.05) is 33.7 Å². The number of nitrogens with one attached hydrogen (secondary N) is 1. The van der Waals surface area contributed by atoms with E-state index in [0.717, 1.165) is 18.7 Å². The minimum Gasteiger partial charge on any atom is -0.387 e. The van der Waals surface area contributed by atoms with Gasteiger partial charge in [0.2, 0.25) is 0 Å². The van der Waals surface area contributed by atoms with E-state index in [0.29, 0.717) is 12.5 Å². The van der Waals surface area contributed by atoms with Gasteiger partial charge in [-0.05, 0) is 25.2 Å². The first kappa shape index (κ1) is 11.6. The highest BCUT2D eigenvalue weighted by Crippen LogP contribution is 2.26. The molecule has 1 aliphatic rings. The highest BCUT2D eigenvalue weighted by molar-refractivity contribution is 5.28. The maximum absolute atomic E-state index is 9.79. The second-order valence-electron chi connectivity index (χ2n) is 4.66. The average molecular weight is 220 g/mol. The fourth-order valence-corrected chi connectivity index (χ4v) is 2.21. The number of hydrogen-bond acceptors (Lipinski definition) is 3. The minimum atomic E-state index is -0.400. The first-order chi connectivity index (χ1) is 7.70. The predicted octanol–water partition coefficient (Wildman–Crippen LogP) is 0.968. The summed E-state index contributed by atoms with van der Waals surface area (Å²) in [6.45, 7) is 2.91. The monoisotopic (exact) mass is 220 g/mol. The molecular weight excluding hydrogens is 200 g/mol. The molecule has 1 heterocycles. The molecular formula is C13H20N2O. The molecule has 0 saturated carbocycles. The molecule has 0 bridgehead atoms. The smallest absolute Gasteiger partial charge is 0.0914 e. The van der Waals surface area contributed by atoms with E-state index in [9.17, 15) is 5.11 Å². The molecule has 1 fully saturated rings. The molecule has 0 amide bonds. The standard InChI is InChI=1S/C13H20N2O/c1-14-7-13(16)11-5-3-10(4-6-11)12-8-15(2)9-12/h3-6,12-14,16H,7-9H2,1-2H3. The fraction of sp³-hybridized carbons (Fsp3) is 0.538. The molecule has 0 spiro atoms. The second kappa shape index (κ2) is 4.95. The van der Waals surface area contributed by atoms with Crippen LogP contribution in [0.15, 0.2) is 24.3 Å². The van der Waals surface area contributed by atoms with Gasteiger partial charge in [-0.1, -0.05) is 24.3 Å². The lowest BCUT2D eigenvalue weighted by molar-refractivity contribution is 0.177. The first-order valence-corrected chi connectivity index (χ1v) is 5.81. The summed E-state index contributed by atoms with van der Waals surface area (Å²) in [6, 6.07) is 8.36. The van der Waals surface area contributed by atoms with Crippen LogP contribution in [0.1, 0.15) is 23.1 Å². The maximum Gasteiger partial charge on any atom is 0.0914 e. The van der Waals surface area contributed by atoms with Crippen LogP contribution in [-0.2, 0) is 0 Å². The third-order valence-electron chi connectivity index (χ3n) is 3.25. The summed E-state index contributed by atoms with van der Waals surface area (Å²) in [6.07, 6.45) is -0.400. The van der Waals surface area contributed by atoms with Gasteiger partial charge >= 0.3 is 0 Å². The lowest BCUT2D eigenvalue weighted by atomic mass is 9.91. The van der Waals surface area contributed by atoms with Crippen LogP contribution >= 0.6 is 0 Å². The summed E-state index contributed by atoms with van der Waals surface area (Å²) >= 11 is 0. The van der Waals surface area contributed by atoms with Crippen molar-refractivity contribution in [2.24, 2.45) is 0 Å². The van der Waals surface area contributed by atoms with Crippen molar-refractivity contribution < 1.29 is 5.11 Å². The molecule has 16 heavy (non-hydrogen) atoms. The van der Waals surface area contributed by atoms with Crippen molar-refractivity contribution in [1.82, 2.24) is 10.2 Å². The Morgan fingerprint density at radius 2 is 2.00 bits per heavy atom. The number of nitrogens with zero attached hydrogens (tertiary/aromatic N) is 1. The van der Waals surface area contributed by atoms with Crippen LogP contribution in [-0.4, -0.2) is 43.7 Å². The van der Waals surface area contributed by atoms with E-state index < -0.39 is 6.10 Å². The number of benzene rings is 1. The van der Waals surface area contributed by atoms with E-state index in [1.54, 1.807) is 0 Å². The Morgan fingerprint density at radius 1 is 1.38 bits per heavy atom. The number of aliphatic hydroxyl groups is 1. The van der Waals surface area contributed by atoms with Crippen molar-refractivity contribution in [2.45, 2.75) is 12.0 Å². The van der Waals surface area contributed by atoms with Gasteiger partial charge in [0, 0.05) is 25.6 Å². The summed E-state index contributed by atoms with van der Waals surface area (Å²) in [4.78, 5) is 2.31.